The first kappa shape index (κ1) is 19.7. The minimum atomic E-state index is -1.57. The van der Waals surface area contributed by atoms with E-state index in [9.17, 15) is 19.5 Å². The number of methoxy groups -OCH3 is 2. The van der Waals surface area contributed by atoms with Gasteiger partial charge < -0.3 is 19.7 Å². The number of carboxylic acid groups (broad SMARTS) is 2. The number of aliphatic carboxylic acids is 2. The highest BCUT2D eigenvalue weighted by Gasteiger charge is 2.41. The summed E-state index contributed by atoms with van der Waals surface area (Å²) in [6.07, 6.45) is 0.748. The van der Waals surface area contributed by atoms with E-state index in [4.69, 9.17) is 26.8 Å². The number of nitrogens with zero attached hydrogens (tertiary/aromatic N) is 1. The zero-order valence-electron chi connectivity index (χ0n) is 13.8. The topological polar surface area (TPSA) is 113 Å². The molecule has 1 heterocycles. The minimum Gasteiger partial charge on any atom is -0.497 e. The second kappa shape index (κ2) is 8.19. The second-order valence-electron chi connectivity index (χ2n) is 5.11. The van der Waals surface area contributed by atoms with E-state index >= 15 is 0 Å². The standard InChI is InChI=1S/C16H15NO7S2/c1-23-9-3-4-11(24-2)8(5-9)6-12-14(20)17(16(25)26-12)10(15(21)22)7-13(18)19/h3-6,10H,7H2,1-2H3,(H,18,19)(H,21,22)/b12-6-/t10-/m0/s1. The lowest BCUT2D eigenvalue weighted by molar-refractivity contribution is -0.150. The van der Waals surface area contributed by atoms with Crippen molar-refractivity contribution in [3.63, 3.8) is 0 Å². The molecule has 2 rings (SSSR count). The van der Waals surface area contributed by atoms with Crippen molar-refractivity contribution in [1.29, 1.82) is 0 Å². The van der Waals surface area contributed by atoms with Crippen LogP contribution in [0.25, 0.3) is 6.08 Å². The fraction of sp³-hybridized carbons (Fsp3) is 0.250. The largest absolute Gasteiger partial charge is 0.497 e. The molecule has 8 nitrogen and oxygen atoms in total. The Hall–Kier alpha value is -2.59. The molecule has 26 heavy (non-hydrogen) atoms. The maximum absolute atomic E-state index is 12.6. The number of carbonyl (C=O) groups is 3. The van der Waals surface area contributed by atoms with Gasteiger partial charge in [-0.2, -0.15) is 0 Å². The number of ether oxygens (including phenoxy) is 2. The van der Waals surface area contributed by atoms with E-state index in [1.807, 2.05) is 0 Å². The van der Waals surface area contributed by atoms with Gasteiger partial charge >= 0.3 is 11.9 Å². The van der Waals surface area contributed by atoms with Gasteiger partial charge in [0.25, 0.3) is 5.91 Å². The van der Waals surface area contributed by atoms with Gasteiger partial charge in [-0.05, 0) is 24.3 Å². The Kier molecular flexibility index (Phi) is 6.22. The van der Waals surface area contributed by atoms with Crippen molar-refractivity contribution in [3.05, 3.63) is 28.7 Å². The second-order valence-corrected chi connectivity index (χ2v) is 6.79. The van der Waals surface area contributed by atoms with Crippen LogP contribution in [0, 0.1) is 0 Å². The van der Waals surface area contributed by atoms with Crippen LogP contribution in [0.5, 0.6) is 11.5 Å². The lowest BCUT2D eigenvalue weighted by atomic mass is 10.1. The van der Waals surface area contributed by atoms with Crippen LogP contribution in [0.4, 0.5) is 0 Å². The van der Waals surface area contributed by atoms with Crippen molar-refractivity contribution in [2.24, 2.45) is 0 Å². The lowest BCUT2D eigenvalue weighted by Crippen LogP contribution is -2.45. The quantitative estimate of drug-likeness (QED) is 0.525. The first-order valence-electron chi connectivity index (χ1n) is 7.22. The van der Waals surface area contributed by atoms with E-state index in [0.29, 0.717) is 17.1 Å². The molecule has 0 spiro atoms. The Bertz CT molecular complexity index is 806. The lowest BCUT2D eigenvalue weighted by Gasteiger charge is -2.21. The average Bonchev–Trinajstić information content (AvgIpc) is 2.86. The monoisotopic (exact) mass is 397 g/mol. The molecular weight excluding hydrogens is 382 g/mol. The number of carbonyl (C=O) groups excluding carboxylic acids is 1. The van der Waals surface area contributed by atoms with E-state index < -0.39 is 30.3 Å². The van der Waals surface area contributed by atoms with Crippen LogP contribution in [0.15, 0.2) is 23.1 Å². The van der Waals surface area contributed by atoms with Crippen LogP contribution in [0.2, 0.25) is 0 Å². The Morgan fingerprint density at radius 2 is 2.00 bits per heavy atom. The van der Waals surface area contributed by atoms with Crippen molar-refractivity contribution >= 4 is 52.2 Å². The highest BCUT2D eigenvalue weighted by atomic mass is 32.2. The van der Waals surface area contributed by atoms with E-state index in [0.717, 1.165) is 16.7 Å². The van der Waals surface area contributed by atoms with Crippen molar-refractivity contribution in [3.8, 4) is 11.5 Å². The third kappa shape index (κ3) is 4.14. The van der Waals surface area contributed by atoms with Crippen LogP contribution in [-0.2, 0) is 14.4 Å². The molecule has 1 saturated heterocycles. The van der Waals surface area contributed by atoms with Gasteiger partial charge in [-0.3, -0.25) is 14.5 Å². The summed E-state index contributed by atoms with van der Waals surface area (Å²) in [6.45, 7) is 0. The van der Waals surface area contributed by atoms with Gasteiger partial charge in [0.2, 0.25) is 0 Å². The molecule has 1 aromatic carbocycles. The molecule has 1 fully saturated rings. The van der Waals surface area contributed by atoms with Gasteiger partial charge in [0, 0.05) is 5.56 Å². The minimum absolute atomic E-state index is 0.0169. The molecule has 2 N–H and O–H groups in total. The van der Waals surface area contributed by atoms with Crippen LogP contribution < -0.4 is 9.47 Å². The molecule has 0 aliphatic carbocycles. The highest BCUT2D eigenvalue weighted by molar-refractivity contribution is 8.26. The first-order chi connectivity index (χ1) is 12.3. The molecule has 1 amide bonds. The normalized spacial score (nSPS) is 16.7. The average molecular weight is 397 g/mol. The Morgan fingerprint density at radius 1 is 1.31 bits per heavy atom. The van der Waals surface area contributed by atoms with Crippen LogP contribution in [0.3, 0.4) is 0 Å². The number of thioether (sulfide) groups is 1. The summed E-state index contributed by atoms with van der Waals surface area (Å²) in [5.74, 6) is -2.43. The molecule has 0 aromatic heterocycles. The number of amides is 1. The molecule has 0 unspecified atom stereocenters. The van der Waals surface area contributed by atoms with Crippen molar-refractivity contribution in [1.82, 2.24) is 4.90 Å². The molecule has 1 aliphatic rings. The van der Waals surface area contributed by atoms with E-state index in [1.165, 1.54) is 20.3 Å². The Morgan fingerprint density at radius 3 is 2.54 bits per heavy atom. The zero-order chi connectivity index (χ0) is 19.4. The summed E-state index contributed by atoms with van der Waals surface area (Å²) < 4.78 is 10.4. The number of thiocarbonyl (C=S) groups is 1. The molecule has 0 bridgehead atoms. The van der Waals surface area contributed by atoms with Gasteiger partial charge in [-0.15, -0.1) is 0 Å². The van der Waals surface area contributed by atoms with Gasteiger partial charge in [0.05, 0.1) is 25.5 Å². The number of hydrogen-bond donors (Lipinski definition) is 2. The van der Waals surface area contributed by atoms with Gasteiger partial charge in [0.15, 0.2) is 0 Å². The molecule has 1 aromatic rings. The molecule has 10 heteroatoms. The fourth-order valence-electron chi connectivity index (χ4n) is 2.30. The number of benzene rings is 1. The molecule has 1 atom stereocenters. The van der Waals surface area contributed by atoms with E-state index in [2.05, 4.69) is 0 Å². The van der Waals surface area contributed by atoms with Crippen LogP contribution in [0.1, 0.15) is 12.0 Å². The third-order valence-corrected chi connectivity index (χ3v) is 4.84. The van der Waals surface area contributed by atoms with Crippen molar-refractivity contribution in [2.75, 3.05) is 14.2 Å². The number of carboxylic acids is 2. The summed E-state index contributed by atoms with van der Waals surface area (Å²) in [5, 5.41) is 18.2. The molecule has 0 radical (unpaired) electrons. The van der Waals surface area contributed by atoms with Crippen molar-refractivity contribution in [2.45, 2.75) is 12.5 Å². The fourth-order valence-corrected chi connectivity index (χ4v) is 3.64. The third-order valence-electron chi connectivity index (χ3n) is 3.51. The Labute approximate surface area is 158 Å². The zero-order valence-corrected chi connectivity index (χ0v) is 15.4. The van der Waals surface area contributed by atoms with Gasteiger partial charge in [-0.1, -0.05) is 24.0 Å². The van der Waals surface area contributed by atoms with Crippen LogP contribution >= 0.6 is 24.0 Å². The summed E-state index contributed by atoms with van der Waals surface area (Å²) in [4.78, 5) is 35.9. The summed E-state index contributed by atoms with van der Waals surface area (Å²) in [6, 6.07) is 3.43. The maximum atomic E-state index is 12.6. The first-order valence-corrected chi connectivity index (χ1v) is 8.44. The van der Waals surface area contributed by atoms with Crippen LogP contribution in [-0.4, -0.2) is 57.5 Å². The smallest absolute Gasteiger partial charge is 0.327 e. The Balaban J connectivity index is 2.40. The van der Waals surface area contributed by atoms with E-state index in [1.54, 1.807) is 18.2 Å². The summed E-state index contributed by atoms with van der Waals surface area (Å²) >= 11 is 5.98. The SMILES string of the molecule is COc1ccc(OC)c(/C=C2\SC(=S)N([C@@H](CC(=O)O)C(=O)O)C2=O)c1. The summed E-state index contributed by atoms with van der Waals surface area (Å²) in [7, 11) is 2.96. The number of rotatable bonds is 7. The summed E-state index contributed by atoms with van der Waals surface area (Å²) in [5.41, 5.74) is 0.539. The molecule has 0 saturated carbocycles. The highest BCUT2D eigenvalue weighted by Crippen LogP contribution is 2.36. The maximum Gasteiger partial charge on any atom is 0.327 e. The predicted molar refractivity (Wildman–Crippen MR) is 98.2 cm³/mol. The molecule has 1 aliphatic heterocycles. The molecular formula is C16H15NO7S2. The van der Waals surface area contributed by atoms with Gasteiger partial charge in [0.1, 0.15) is 21.9 Å². The number of hydrogen-bond acceptors (Lipinski definition) is 7. The van der Waals surface area contributed by atoms with Crippen molar-refractivity contribution < 1.29 is 34.1 Å². The van der Waals surface area contributed by atoms with Gasteiger partial charge in [-0.25, -0.2) is 4.79 Å². The predicted octanol–water partition coefficient (Wildman–Crippen LogP) is 1.83. The van der Waals surface area contributed by atoms with E-state index in [-0.39, 0.29) is 9.23 Å². The molecule has 138 valence electrons.